The number of unbranched alkanes of at least 4 members (excludes halogenated alkanes) is 4. The molecule has 0 unspecified atom stereocenters. The minimum absolute atomic E-state index is 0.171. The minimum atomic E-state index is 0.171. The Kier molecular flexibility index (Phi) is 12.3. The fourth-order valence-corrected chi connectivity index (χ4v) is 1.45. The average Bonchev–Trinajstić information content (AvgIpc) is 2.31. The lowest BCUT2D eigenvalue weighted by atomic mass is 10.1. The number of nitrogens with two attached hydrogens (primary N) is 2. The van der Waals surface area contributed by atoms with Crippen molar-refractivity contribution in [2.24, 2.45) is 11.5 Å². The number of hydrogen-bond acceptors (Lipinski definition) is 4. The third-order valence-electron chi connectivity index (χ3n) is 2.46. The maximum Gasteiger partial charge on any atom is 0.146 e. The van der Waals surface area contributed by atoms with Crippen LogP contribution in [0.3, 0.4) is 0 Å². The fraction of sp³-hybridized carbons (Fsp3) is 0.917. The predicted molar refractivity (Wildman–Crippen MR) is 66.3 cm³/mol. The summed E-state index contributed by atoms with van der Waals surface area (Å²) in [7, 11) is 0. The molecular formula is C12H26N2O2. The van der Waals surface area contributed by atoms with E-state index in [1.807, 2.05) is 0 Å². The van der Waals surface area contributed by atoms with Gasteiger partial charge < -0.3 is 16.2 Å². The minimum Gasteiger partial charge on any atom is -0.381 e. The summed E-state index contributed by atoms with van der Waals surface area (Å²) in [5, 5.41) is 0. The van der Waals surface area contributed by atoms with Crippen molar-refractivity contribution in [3.63, 3.8) is 0 Å². The van der Waals surface area contributed by atoms with E-state index in [1.165, 1.54) is 12.8 Å². The molecule has 16 heavy (non-hydrogen) atoms. The second-order valence-electron chi connectivity index (χ2n) is 4.02. The first-order valence-electron chi connectivity index (χ1n) is 6.31. The Bertz CT molecular complexity index is 163. The second-order valence-corrected chi connectivity index (χ2v) is 4.02. The highest BCUT2D eigenvalue weighted by molar-refractivity contribution is 5.80. The van der Waals surface area contributed by atoms with Crippen LogP contribution in [-0.4, -0.2) is 32.1 Å². The normalized spacial score (nSPS) is 10.6. The van der Waals surface area contributed by atoms with Gasteiger partial charge in [-0.1, -0.05) is 19.3 Å². The molecule has 0 aromatic heterocycles. The smallest absolute Gasteiger partial charge is 0.146 e. The van der Waals surface area contributed by atoms with Crippen molar-refractivity contribution in [3.05, 3.63) is 0 Å². The zero-order valence-corrected chi connectivity index (χ0v) is 10.2. The zero-order chi connectivity index (χ0) is 12.1. The first kappa shape index (κ1) is 15.6. The summed E-state index contributed by atoms with van der Waals surface area (Å²) in [5.74, 6) is 0.171. The highest BCUT2D eigenvalue weighted by Gasteiger charge is 1.97. The Morgan fingerprint density at radius 1 is 0.875 bits per heavy atom. The molecule has 0 saturated carbocycles. The first-order valence-corrected chi connectivity index (χ1v) is 6.31. The van der Waals surface area contributed by atoms with Crippen molar-refractivity contribution < 1.29 is 9.53 Å². The molecule has 0 aromatic rings. The molecule has 4 heteroatoms. The molecule has 96 valence electrons. The quantitative estimate of drug-likeness (QED) is 0.494. The van der Waals surface area contributed by atoms with Crippen LogP contribution in [0.5, 0.6) is 0 Å². The van der Waals surface area contributed by atoms with Gasteiger partial charge in [-0.25, -0.2) is 0 Å². The van der Waals surface area contributed by atoms with Gasteiger partial charge in [-0.3, -0.25) is 4.79 Å². The molecule has 0 rings (SSSR count). The van der Waals surface area contributed by atoms with Gasteiger partial charge in [-0.05, 0) is 25.8 Å². The van der Waals surface area contributed by atoms with Gasteiger partial charge in [0.1, 0.15) is 5.78 Å². The number of carbonyl (C=O) groups is 1. The van der Waals surface area contributed by atoms with Crippen molar-refractivity contribution in [2.75, 3.05) is 26.3 Å². The number of hydrogen-bond donors (Lipinski definition) is 2. The van der Waals surface area contributed by atoms with E-state index in [2.05, 4.69) is 0 Å². The molecule has 0 bridgehead atoms. The third kappa shape index (κ3) is 11.6. The van der Waals surface area contributed by atoms with E-state index in [0.717, 1.165) is 38.9 Å². The van der Waals surface area contributed by atoms with Gasteiger partial charge in [0.2, 0.25) is 0 Å². The number of carbonyl (C=O) groups excluding carboxylic acids is 1. The lowest BCUT2D eigenvalue weighted by Crippen LogP contribution is -2.12. The van der Waals surface area contributed by atoms with Gasteiger partial charge in [-0.15, -0.1) is 0 Å². The molecule has 4 nitrogen and oxygen atoms in total. The Morgan fingerprint density at radius 2 is 1.50 bits per heavy atom. The van der Waals surface area contributed by atoms with Crippen LogP contribution in [0.25, 0.3) is 0 Å². The SMILES string of the molecule is NCCCOCCCCCCCC(=O)CN. The maximum absolute atomic E-state index is 10.9. The lowest BCUT2D eigenvalue weighted by molar-refractivity contribution is -0.117. The topological polar surface area (TPSA) is 78.3 Å². The second kappa shape index (κ2) is 12.6. The lowest BCUT2D eigenvalue weighted by Gasteiger charge is -2.03. The first-order chi connectivity index (χ1) is 7.81. The van der Waals surface area contributed by atoms with Crippen molar-refractivity contribution in [1.82, 2.24) is 0 Å². The third-order valence-corrected chi connectivity index (χ3v) is 2.46. The molecule has 0 spiro atoms. The van der Waals surface area contributed by atoms with E-state index < -0.39 is 0 Å². The molecular weight excluding hydrogens is 204 g/mol. The average molecular weight is 230 g/mol. The molecule has 0 atom stereocenters. The fourth-order valence-electron chi connectivity index (χ4n) is 1.45. The van der Waals surface area contributed by atoms with Crippen LogP contribution in [-0.2, 0) is 9.53 Å². The van der Waals surface area contributed by atoms with Crippen molar-refractivity contribution >= 4 is 5.78 Å². The van der Waals surface area contributed by atoms with Gasteiger partial charge in [-0.2, -0.15) is 0 Å². The largest absolute Gasteiger partial charge is 0.381 e. The Hall–Kier alpha value is -0.450. The van der Waals surface area contributed by atoms with Crippen LogP contribution in [0.4, 0.5) is 0 Å². The van der Waals surface area contributed by atoms with Crippen molar-refractivity contribution in [1.29, 1.82) is 0 Å². The molecule has 0 radical (unpaired) electrons. The summed E-state index contributed by atoms with van der Waals surface area (Å²) in [4.78, 5) is 10.9. The monoisotopic (exact) mass is 230 g/mol. The van der Waals surface area contributed by atoms with E-state index >= 15 is 0 Å². The number of ether oxygens (including phenoxy) is 1. The predicted octanol–water partition coefficient (Wildman–Crippen LogP) is 1.22. The molecule has 0 aliphatic heterocycles. The highest BCUT2D eigenvalue weighted by Crippen LogP contribution is 2.05. The summed E-state index contributed by atoms with van der Waals surface area (Å²) in [6, 6.07) is 0. The maximum atomic E-state index is 10.9. The Labute approximate surface area is 98.7 Å². The van der Waals surface area contributed by atoms with Gasteiger partial charge in [0.15, 0.2) is 0 Å². The van der Waals surface area contributed by atoms with E-state index in [4.69, 9.17) is 16.2 Å². The molecule has 0 aliphatic rings. The van der Waals surface area contributed by atoms with E-state index in [9.17, 15) is 4.79 Å². The molecule has 0 fully saturated rings. The zero-order valence-electron chi connectivity index (χ0n) is 10.2. The molecule has 0 heterocycles. The standard InChI is InChI=1S/C12H26N2O2/c13-8-6-10-16-9-5-3-1-2-4-7-12(15)11-14/h1-11,13-14H2. The summed E-state index contributed by atoms with van der Waals surface area (Å²) in [6.45, 7) is 2.51. The van der Waals surface area contributed by atoms with Crippen LogP contribution in [0.2, 0.25) is 0 Å². The van der Waals surface area contributed by atoms with Crippen LogP contribution >= 0.6 is 0 Å². The van der Waals surface area contributed by atoms with Crippen molar-refractivity contribution in [3.8, 4) is 0 Å². The van der Waals surface area contributed by atoms with Gasteiger partial charge in [0.05, 0.1) is 6.54 Å². The Balaban J connectivity index is 2.96. The summed E-state index contributed by atoms with van der Waals surface area (Å²) >= 11 is 0. The summed E-state index contributed by atoms with van der Waals surface area (Å²) in [5.41, 5.74) is 10.6. The van der Waals surface area contributed by atoms with Crippen LogP contribution in [0, 0.1) is 0 Å². The van der Waals surface area contributed by atoms with Crippen LogP contribution in [0.1, 0.15) is 44.9 Å². The number of Topliss-reactive ketones (excluding diaryl/α,β-unsaturated/α-hetero) is 1. The van der Waals surface area contributed by atoms with Gasteiger partial charge >= 0.3 is 0 Å². The van der Waals surface area contributed by atoms with Gasteiger partial charge in [0, 0.05) is 19.6 Å². The van der Waals surface area contributed by atoms with Crippen LogP contribution < -0.4 is 11.5 Å². The van der Waals surface area contributed by atoms with E-state index in [0.29, 0.717) is 13.0 Å². The molecule has 0 aromatic carbocycles. The Morgan fingerprint density at radius 3 is 2.19 bits per heavy atom. The summed E-state index contributed by atoms with van der Waals surface area (Å²) < 4.78 is 5.39. The van der Waals surface area contributed by atoms with Gasteiger partial charge in [0.25, 0.3) is 0 Å². The molecule has 4 N–H and O–H groups in total. The summed E-state index contributed by atoms with van der Waals surface area (Å²) in [6.07, 6.45) is 7.15. The van der Waals surface area contributed by atoms with Crippen LogP contribution in [0.15, 0.2) is 0 Å². The van der Waals surface area contributed by atoms with Crippen molar-refractivity contribution in [2.45, 2.75) is 44.9 Å². The highest BCUT2D eigenvalue weighted by atomic mass is 16.5. The number of rotatable bonds is 12. The number of ketones is 1. The molecule has 0 aliphatic carbocycles. The van der Waals surface area contributed by atoms with E-state index in [1.54, 1.807) is 0 Å². The van der Waals surface area contributed by atoms with E-state index in [-0.39, 0.29) is 12.3 Å². The molecule has 0 amide bonds. The molecule has 0 saturated heterocycles.